The van der Waals surface area contributed by atoms with Gasteiger partial charge in [0.1, 0.15) is 0 Å². The Labute approximate surface area is 90.5 Å². The van der Waals surface area contributed by atoms with Crippen molar-refractivity contribution in [3.8, 4) is 0 Å². The highest BCUT2D eigenvalue weighted by Crippen LogP contribution is 2.26. The molecule has 0 aromatic carbocycles. The van der Waals surface area contributed by atoms with Gasteiger partial charge in [-0.15, -0.1) is 0 Å². The van der Waals surface area contributed by atoms with Gasteiger partial charge in [-0.05, 0) is 6.92 Å². The number of sulfonamides is 1. The molecule has 0 amide bonds. The van der Waals surface area contributed by atoms with Gasteiger partial charge in [-0.3, -0.25) is 0 Å². The third-order valence-electron chi connectivity index (χ3n) is 1.24. The second kappa shape index (κ2) is 3.68. The lowest BCUT2D eigenvalue weighted by Gasteiger charge is -1.95. The highest BCUT2D eigenvalue weighted by molar-refractivity contribution is 7.92. The molecule has 0 aliphatic carbocycles. The van der Waals surface area contributed by atoms with E-state index in [4.69, 9.17) is 5.14 Å². The second-order valence-electron chi connectivity index (χ2n) is 2.58. The highest BCUT2D eigenvalue weighted by atomic mass is 32.2. The molecule has 0 spiro atoms. The molecule has 0 bridgehead atoms. The van der Waals surface area contributed by atoms with Gasteiger partial charge in [-0.1, -0.05) is 11.3 Å². The number of aromatic nitrogens is 1. The highest BCUT2D eigenvalue weighted by Gasteiger charge is 2.18. The first-order valence-electron chi connectivity index (χ1n) is 3.40. The molecule has 0 saturated heterocycles. The van der Waals surface area contributed by atoms with E-state index in [0.29, 0.717) is 11.3 Å². The maximum absolute atomic E-state index is 11.0. The summed E-state index contributed by atoms with van der Waals surface area (Å²) in [5.41, 5.74) is 0.119. The molecule has 0 aliphatic heterocycles. The Balaban J connectivity index is 3.19. The summed E-state index contributed by atoms with van der Waals surface area (Å²) >= 11 is 0.599. The lowest BCUT2D eigenvalue weighted by molar-refractivity contribution is 0.598. The molecule has 0 fully saturated rings. The molecule has 1 rings (SSSR count). The molecule has 11 heteroatoms. The predicted molar refractivity (Wildman–Crippen MR) is 55.0 cm³/mol. The first kappa shape index (κ1) is 12.3. The summed E-state index contributed by atoms with van der Waals surface area (Å²) in [6.45, 7) is 1.39. The van der Waals surface area contributed by atoms with Gasteiger partial charge in [0.15, 0.2) is 9.34 Å². The van der Waals surface area contributed by atoms with Gasteiger partial charge in [-0.2, -0.15) is 8.42 Å². The number of hydrogen-bond donors (Lipinski definition) is 3. The van der Waals surface area contributed by atoms with E-state index >= 15 is 0 Å². The van der Waals surface area contributed by atoms with Crippen molar-refractivity contribution in [2.24, 2.45) is 10.3 Å². The lowest BCUT2D eigenvalue weighted by Crippen LogP contribution is -2.21. The molecule has 1 aromatic rings. The van der Waals surface area contributed by atoms with Crippen molar-refractivity contribution in [1.29, 1.82) is 0 Å². The van der Waals surface area contributed by atoms with Crippen molar-refractivity contribution in [2.75, 3.05) is 4.72 Å². The van der Waals surface area contributed by atoms with Gasteiger partial charge in [0.25, 0.3) is 10.2 Å². The van der Waals surface area contributed by atoms with Crippen molar-refractivity contribution < 1.29 is 16.8 Å². The van der Waals surface area contributed by atoms with Crippen LogP contribution in [0.2, 0.25) is 0 Å². The zero-order valence-corrected chi connectivity index (χ0v) is 9.91. The van der Waals surface area contributed by atoms with E-state index in [0.717, 1.165) is 0 Å². The third kappa shape index (κ3) is 3.39. The van der Waals surface area contributed by atoms with E-state index in [9.17, 15) is 16.8 Å². The number of nitrogens with two attached hydrogens (primary N) is 2. The Kier molecular flexibility index (Phi) is 3.02. The summed E-state index contributed by atoms with van der Waals surface area (Å²) in [5, 5.41) is 9.41. The molecule has 0 atom stereocenters. The first-order chi connectivity index (χ1) is 6.59. The smallest absolute Gasteiger partial charge is 0.246 e. The van der Waals surface area contributed by atoms with Crippen LogP contribution in [0.4, 0.5) is 5.13 Å². The molecule has 1 heterocycles. The summed E-state index contributed by atoms with van der Waals surface area (Å²) in [6, 6.07) is 0. The van der Waals surface area contributed by atoms with E-state index in [-0.39, 0.29) is 15.0 Å². The second-order valence-corrected chi connectivity index (χ2v) is 6.63. The van der Waals surface area contributed by atoms with Crippen LogP contribution in [0.1, 0.15) is 5.69 Å². The van der Waals surface area contributed by atoms with Gasteiger partial charge >= 0.3 is 0 Å². The molecule has 1 aromatic heterocycles. The van der Waals surface area contributed by atoms with Crippen molar-refractivity contribution >= 4 is 36.7 Å². The summed E-state index contributed by atoms with van der Waals surface area (Å²) in [5.74, 6) is 0. The van der Waals surface area contributed by atoms with Crippen LogP contribution in [0, 0.1) is 6.92 Å². The number of rotatable bonds is 3. The number of thiazole rings is 1. The number of primary sulfonamides is 1. The molecular weight excluding hydrogens is 264 g/mol. The minimum absolute atomic E-state index is 0.119. The molecule has 0 aliphatic rings. The average molecular weight is 272 g/mol. The number of anilines is 1. The number of hydrogen-bond acceptors (Lipinski definition) is 6. The SMILES string of the molecule is Cc1nc(NS(N)(=O)=O)sc1S(N)(=O)=O. The standard InChI is InChI=1S/C4H8N4O4S3/c1-2-3(14(5,9)10)13-4(7-2)8-15(6,11)12/h1H3,(H,7,8)(H2,5,9,10)(H2,6,11,12). The van der Waals surface area contributed by atoms with Gasteiger partial charge < -0.3 is 0 Å². The maximum Gasteiger partial charge on any atom is 0.298 e. The summed E-state index contributed by atoms with van der Waals surface area (Å²) in [4.78, 5) is 3.65. The first-order valence-corrected chi connectivity index (χ1v) is 7.31. The van der Waals surface area contributed by atoms with Gasteiger partial charge in [0.05, 0.1) is 5.69 Å². The Morgan fingerprint density at radius 1 is 1.27 bits per heavy atom. The molecule has 0 radical (unpaired) electrons. The lowest BCUT2D eigenvalue weighted by atomic mass is 10.6. The Morgan fingerprint density at radius 2 is 1.80 bits per heavy atom. The van der Waals surface area contributed by atoms with Crippen molar-refractivity contribution in [1.82, 2.24) is 4.98 Å². The van der Waals surface area contributed by atoms with Crippen LogP contribution in [-0.4, -0.2) is 21.8 Å². The summed E-state index contributed by atoms with van der Waals surface area (Å²) < 4.78 is 44.8. The molecular formula is C4H8N4O4S3. The van der Waals surface area contributed by atoms with Crippen LogP contribution >= 0.6 is 11.3 Å². The van der Waals surface area contributed by atoms with Crippen LogP contribution in [-0.2, 0) is 20.2 Å². The van der Waals surface area contributed by atoms with Gasteiger partial charge in [0.2, 0.25) is 10.0 Å². The number of nitrogens with zero attached hydrogens (tertiary/aromatic N) is 1. The van der Waals surface area contributed by atoms with Crippen LogP contribution in [0.15, 0.2) is 4.21 Å². The Hall–Kier alpha value is -0.750. The molecule has 0 unspecified atom stereocenters. The number of nitrogens with one attached hydrogen (secondary N) is 1. The quantitative estimate of drug-likeness (QED) is 0.627. The molecule has 8 nitrogen and oxygen atoms in total. The fourth-order valence-electron chi connectivity index (χ4n) is 0.812. The van der Waals surface area contributed by atoms with E-state index < -0.39 is 20.2 Å². The van der Waals surface area contributed by atoms with E-state index in [2.05, 4.69) is 10.1 Å². The fraction of sp³-hybridized carbons (Fsp3) is 0.250. The van der Waals surface area contributed by atoms with E-state index in [1.807, 2.05) is 4.72 Å². The molecule has 15 heavy (non-hydrogen) atoms. The summed E-state index contributed by atoms with van der Waals surface area (Å²) in [6.07, 6.45) is 0. The topological polar surface area (TPSA) is 145 Å². The van der Waals surface area contributed by atoms with Crippen molar-refractivity contribution in [3.63, 3.8) is 0 Å². The zero-order chi connectivity index (χ0) is 11.9. The minimum Gasteiger partial charge on any atom is -0.246 e. The van der Waals surface area contributed by atoms with Crippen LogP contribution in [0.25, 0.3) is 0 Å². The van der Waals surface area contributed by atoms with Crippen LogP contribution in [0.5, 0.6) is 0 Å². The van der Waals surface area contributed by atoms with Crippen LogP contribution in [0.3, 0.4) is 0 Å². The Bertz CT molecular complexity index is 571. The van der Waals surface area contributed by atoms with E-state index in [1.165, 1.54) is 6.92 Å². The third-order valence-corrected chi connectivity index (χ3v) is 4.48. The Morgan fingerprint density at radius 3 is 2.13 bits per heavy atom. The predicted octanol–water partition coefficient (Wildman–Crippen LogP) is -1.29. The maximum atomic E-state index is 11.0. The fourth-order valence-corrected chi connectivity index (χ4v) is 3.33. The van der Waals surface area contributed by atoms with Crippen molar-refractivity contribution in [2.45, 2.75) is 11.1 Å². The van der Waals surface area contributed by atoms with Gasteiger partial charge in [0, 0.05) is 0 Å². The minimum atomic E-state index is -3.96. The number of aryl methyl sites for hydroxylation is 1. The normalized spacial score (nSPS) is 12.7. The van der Waals surface area contributed by atoms with E-state index in [1.54, 1.807) is 0 Å². The largest absolute Gasteiger partial charge is 0.298 e. The van der Waals surface area contributed by atoms with Crippen molar-refractivity contribution in [3.05, 3.63) is 5.69 Å². The molecule has 86 valence electrons. The van der Waals surface area contributed by atoms with Crippen LogP contribution < -0.4 is 15.0 Å². The molecule has 5 N–H and O–H groups in total. The molecule has 0 saturated carbocycles. The van der Waals surface area contributed by atoms with Gasteiger partial charge in [-0.25, -0.2) is 28.4 Å². The zero-order valence-electron chi connectivity index (χ0n) is 7.46. The average Bonchev–Trinajstić information content (AvgIpc) is 2.25. The monoisotopic (exact) mass is 272 g/mol. The summed E-state index contributed by atoms with van der Waals surface area (Å²) in [7, 11) is -7.85.